The molecule has 0 saturated carbocycles. The van der Waals surface area contributed by atoms with Gasteiger partial charge in [0.15, 0.2) is 0 Å². The molecule has 0 spiro atoms. The summed E-state index contributed by atoms with van der Waals surface area (Å²) in [4.78, 5) is 20.2. The van der Waals surface area contributed by atoms with E-state index in [0.29, 0.717) is 10.2 Å². The van der Waals surface area contributed by atoms with Crippen molar-refractivity contribution in [2.45, 2.75) is 25.9 Å². The molecule has 0 radical (unpaired) electrons. The number of carbonyl (C=O) groups is 1. The lowest BCUT2D eigenvalue weighted by molar-refractivity contribution is 0.102. The zero-order valence-electron chi connectivity index (χ0n) is 12.9. The maximum atomic E-state index is 12.5. The van der Waals surface area contributed by atoms with Gasteiger partial charge in [-0.15, -0.1) is 0 Å². The first kappa shape index (κ1) is 17.6. The fourth-order valence-corrected chi connectivity index (χ4v) is 3.05. The first-order valence-corrected chi connectivity index (χ1v) is 9.33. The highest BCUT2D eigenvalue weighted by atomic mass is 79.9. The van der Waals surface area contributed by atoms with Crippen LogP contribution in [0.15, 0.2) is 34.0 Å². The molecule has 122 valence electrons. The van der Waals surface area contributed by atoms with Gasteiger partial charge in [-0.05, 0) is 40.9 Å². The molecule has 23 heavy (non-hydrogen) atoms. The fourth-order valence-electron chi connectivity index (χ4n) is 1.97. The summed E-state index contributed by atoms with van der Waals surface area (Å²) in [6.45, 7) is 5.26. The molecule has 6 nitrogen and oxygen atoms in total. The Balaban J connectivity index is 2.42. The van der Waals surface area contributed by atoms with Gasteiger partial charge in [-0.2, -0.15) is 0 Å². The van der Waals surface area contributed by atoms with E-state index in [9.17, 15) is 13.2 Å². The van der Waals surface area contributed by atoms with Crippen LogP contribution in [0.5, 0.6) is 0 Å². The van der Waals surface area contributed by atoms with E-state index in [1.54, 1.807) is 0 Å². The SMILES string of the molecule is CCS(=O)(=O)c1ncc(Br)c(C(=O)Nc2c(C)cccc2C)n1. The van der Waals surface area contributed by atoms with Crippen molar-refractivity contribution in [2.24, 2.45) is 0 Å². The minimum atomic E-state index is -3.58. The number of halogens is 1. The van der Waals surface area contributed by atoms with Crippen LogP contribution in [-0.2, 0) is 9.84 Å². The van der Waals surface area contributed by atoms with E-state index < -0.39 is 15.7 Å². The standard InChI is InChI=1S/C15H16BrN3O3S/c1-4-23(21,22)15-17-8-11(16)13(19-15)14(20)18-12-9(2)6-5-7-10(12)3/h5-8H,4H2,1-3H3,(H,18,20). The van der Waals surface area contributed by atoms with Gasteiger partial charge in [0.2, 0.25) is 15.0 Å². The Hall–Kier alpha value is -1.80. The lowest BCUT2D eigenvalue weighted by atomic mass is 10.1. The predicted octanol–water partition coefficient (Wildman–Crippen LogP) is 2.90. The average molecular weight is 398 g/mol. The number of nitrogens with zero attached hydrogens (tertiary/aromatic N) is 2. The van der Waals surface area contributed by atoms with Gasteiger partial charge in [0.1, 0.15) is 5.69 Å². The van der Waals surface area contributed by atoms with Crippen LogP contribution in [0.4, 0.5) is 5.69 Å². The number of benzene rings is 1. The van der Waals surface area contributed by atoms with Crippen LogP contribution in [0, 0.1) is 13.8 Å². The van der Waals surface area contributed by atoms with Crippen LogP contribution in [0.25, 0.3) is 0 Å². The van der Waals surface area contributed by atoms with Gasteiger partial charge in [-0.3, -0.25) is 4.79 Å². The van der Waals surface area contributed by atoms with Gasteiger partial charge in [-0.1, -0.05) is 25.1 Å². The maximum Gasteiger partial charge on any atom is 0.275 e. The van der Waals surface area contributed by atoms with E-state index >= 15 is 0 Å². The molecule has 1 aromatic heterocycles. The Morgan fingerprint density at radius 3 is 2.43 bits per heavy atom. The number of anilines is 1. The van der Waals surface area contributed by atoms with Crippen molar-refractivity contribution < 1.29 is 13.2 Å². The largest absolute Gasteiger partial charge is 0.320 e. The molecule has 0 fully saturated rings. The molecule has 8 heteroatoms. The van der Waals surface area contributed by atoms with Crippen molar-refractivity contribution >= 4 is 37.4 Å². The van der Waals surface area contributed by atoms with Gasteiger partial charge in [-0.25, -0.2) is 18.4 Å². The van der Waals surface area contributed by atoms with E-state index in [0.717, 1.165) is 11.1 Å². The molecular formula is C15H16BrN3O3S. The van der Waals surface area contributed by atoms with Gasteiger partial charge in [0, 0.05) is 11.9 Å². The van der Waals surface area contributed by atoms with Crippen molar-refractivity contribution in [3.05, 3.63) is 45.7 Å². The van der Waals surface area contributed by atoms with Gasteiger partial charge >= 0.3 is 0 Å². The summed E-state index contributed by atoms with van der Waals surface area (Å²) in [5, 5.41) is 2.43. The molecule has 2 aromatic rings. The van der Waals surface area contributed by atoms with Gasteiger partial charge < -0.3 is 5.32 Å². The van der Waals surface area contributed by atoms with Crippen LogP contribution in [0.2, 0.25) is 0 Å². The number of amides is 1. The van der Waals surface area contributed by atoms with Crippen molar-refractivity contribution in [1.29, 1.82) is 0 Å². The molecular weight excluding hydrogens is 382 g/mol. The first-order valence-electron chi connectivity index (χ1n) is 6.89. The molecule has 0 aliphatic rings. The number of aromatic nitrogens is 2. The Kier molecular flexibility index (Phi) is 5.16. The van der Waals surface area contributed by atoms with Crippen molar-refractivity contribution in [3.8, 4) is 0 Å². The van der Waals surface area contributed by atoms with E-state index in [1.807, 2.05) is 32.0 Å². The number of sulfone groups is 1. The molecule has 0 saturated heterocycles. The molecule has 1 aromatic carbocycles. The molecule has 2 rings (SSSR count). The molecule has 0 aliphatic heterocycles. The third kappa shape index (κ3) is 3.76. The van der Waals surface area contributed by atoms with Gasteiger partial charge in [0.25, 0.3) is 5.91 Å². The smallest absolute Gasteiger partial charge is 0.275 e. The molecule has 0 bridgehead atoms. The average Bonchev–Trinajstić information content (AvgIpc) is 2.51. The Morgan fingerprint density at radius 1 is 1.26 bits per heavy atom. The zero-order valence-corrected chi connectivity index (χ0v) is 15.3. The fraction of sp³-hybridized carbons (Fsp3) is 0.267. The number of aryl methyl sites for hydroxylation is 2. The summed E-state index contributed by atoms with van der Waals surface area (Å²) >= 11 is 3.19. The van der Waals surface area contributed by atoms with E-state index in [4.69, 9.17) is 0 Å². The van der Waals surface area contributed by atoms with E-state index in [1.165, 1.54) is 13.1 Å². The number of carbonyl (C=O) groups excluding carboxylic acids is 1. The van der Waals surface area contributed by atoms with Crippen LogP contribution in [0.1, 0.15) is 28.5 Å². The number of hydrogen-bond donors (Lipinski definition) is 1. The summed E-state index contributed by atoms with van der Waals surface area (Å²) < 4.78 is 24.1. The Labute approximate surface area is 143 Å². The predicted molar refractivity (Wildman–Crippen MR) is 91.3 cm³/mol. The molecule has 1 heterocycles. The van der Waals surface area contributed by atoms with E-state index in [2.05, 4.69) is 31.2 Å². The summed E-state index contributed by atoms with van der Waals surface area (Å²) in [6, 6.07) is 5.65. The Bertz CT molecular complexity index is 846. The van der Waals surface area contributed by atoms with Crippen LogP contribution >= 0.6 is 15.9 Å². The second-order valence-electron chi connectivity index (χ2n) is 4.97. The molecule has 0 atom stereocenters. The molecule has 1 amide bonds. The zero-order chi connectivity index (χ0) is 17.2. The molecule has 0 unspecified atom stereocenters. The molecule has 1 N–H and O–H groups in total. The van der Waals surface area contributed by atoms with Crippen molar-refractivity contribution in [3.63, 3.8) is 0 Å². The second-order valence-corrected chi connectivity index (χ2v) is 8.00. The first-order chi connectivity index (χ1) is 10.8. The summed E-state index contributed by atoms with van der Waals surface area (Å²) in [6.07, 6.45) is 1.27. The monoisotopic (exact) mass is 397 g/mol. The number of rotatable bonds is 4. The summed E-state index contributed by atoms with van der Waals surface area (Å²) in [7, 11) is -3.58. The highest BCUT2D eigenvalue weighted by molar-refractivity contribution is 9.10. The third-order valence-electron chi connectivity index (χ3n) is 3.31. The minimum absolute atomic E-state index is 0.0188. The quantitative estimate of drug-likeness (QED) is 0.800. The summed E-state index contributed by atoms with van der Waals surface area (Å²) in [5.74, 6) is -0.628. The maximum absolute atomic E-state index is 12.5. The second kappa shape index (κ2) is 6.76. The number of nitrogens with one attached hydrogen (secondary N) is 1. The van der Waals surface area contributed by atoms with Gasteiger partial charge in [0.05, 0.1) is 10.2 Å². The Morgan fingerprint density at radius 2 is 1.87 bits per heavy atom. The van der Waals surface area contributed by atoms with Crippen LogP contribution < -0.4 is 5.32 Å². The lowest BCUT2D eigenvalue weighted by Crippen LogP contribution is -2.19. The van der Waals surface area contributed by atoms with Crippen molar-refractivity contribution in [1.82, 2.24) is 9.97 Å². The van der Waals surface area contributed by atoms with Crippen molar-refractivity contribution in [2.75, 3.05) is 11.1 Å². The number of hydrogen-bond acceptors (Lipinski definition) is 5. The lowest BCUT2D eigenvalue weighted by Gasteiger charge is -2.12. The third-order valence-corrected chi connectivity index (χ3v) is 5.41. The highest BCUT2D eigenvalue weighted by Gasteiger charge is 2.21. The van der Waals surface area contributed by atoms with E-state index in [-0.39, 0.29) is 16.6 Å². The number of para-hydroxylation sites is 1. The topological polar surface area (TPSA) is 89.0 Å². The van der Waals surface area contributed by atoms with Crippen LogP contribution in [-0.4, -0.2) is 30.0 Å². The minimum Gasteiger partial charge on any atom is -0.320 e. The summed E-state index contributed by atoms with van der Waals surface area (Å²) in [5.41, 5.74) is 2.48. The highest BCUT2D eigenvalue weighted by Crippen LogP contribution is 2.22. The normalized spacial score (nSPS) is 11.3. The molecule has 0 aliphatic carbocycles. The van der Waals surface area contributed by atoms with Crippen LogP contribution in [0.3, 0.4) is 0 Å².